The van der Waals surface area contributed by atoms with Crippen LogP contribution in [-0.2, 0) is 0 Å². The largest absolute Gasteiger partial charge is 0.448 e. The lowest BCUT2D eigenvalue weighted by molar-refractivity contribution is 0.0912. The van der Waals surface area contributed by atoms with Crippen LogP contribution < -0.4 is 5.32 Å². The average molecular weight is 349 g/mol. The molecule has 1 atom stereocenters. The zero-order valence-corrected chi connectivity index (χ0v) is 14.3. The molecule has 0 spiro atoms. The van der Waals surface area contributed by atoms with Crippen molar-refractivity contribution in [1.29, 1.82) is 0 Å². The van der Waals surface area contributed by atoms with Gasteiger partial charge in [0.25, 0.3) is 5.91 Å². The molecule has 1 unspecified atom stereocenters. The number of carbonyl (C=O) groups excluding carboxylic acids is 1. The maximum Gasteiger partial charge on any atom is 0.287 e. The predicted molar refractivity (Wildman–Crippen MR) is 97.4 cm³/mol. The molecule has 3 heterocycles. The Morgan fingerprint density at radius 2 is 1.92 bits per heavy atom. The first-order chi connectivity index (χ1) is 12.2. The molecule has 124 valence electrons. The van der Waals surface area contributed by atoms with Gasteiger partial charge >= 0.3 is 0 Å². The molecule has 0 radical (unpaired) electrons. The van der Waals surface area contributed by atoms with Crippen LogP contribution >= 0.6 is 11.3 Å². The first kappa shape index (κ1) is 15.5. The third kappa shape index (κ3) is 3.16. The maximum absolute atomic E-state index is 12.4. The van der Waals surface area contributed by atoms with E-state index in [0.717, 1.165) is 20.8 Å². The van der Waals surface area contributed by atoms with Crippen LogP contribution in [0.25, 0.3) is 21.0 Å². The normalized spacial score (nSPS) is 12.2. The highest BCUT2D eigenvalue weighted by Gasteiger charge is 2.17. The fraction of sp³-hybridized carbons (Fsp3) is 0.105. The van der Waals surface area contributed by atoms with E-state index in [-0.39, 0.29) is 17.7 Å². The van der Waals surface area contributed by atoms with Crippen LogP contribution in [-0.4, -0.2) is 15.9 Å². The van der Waals surface area contributed by atoms with Crippen molar-refractivity contribution in [3.05, 3.63) is 72.2 Å². The van der Waals surface area contributed by atoms with Crippen LogP contribution in [0, 0.1) is 0 Å². The summed E-state index contributed by atoms with van der Waals surface area (Å²) in [7, 11) is 0. The third-order valence-electron chi connectivity index (χ3n) is 3.89. The topological polar surface area (TPSA) is 68.0 Å². The van der Waals surface area contributed by atoms with Gasteiger partial charge in [-0.15, -0.1) is 11.3 Å². The molecule has 25 heavy (non-hydrogen) atoms. The van der Waals surface area contributed by atoms with Gasteiger partial charge in [-0.1, -0.05) is 12.1 Å². The minimum Gasteiger partial charge on any atom is -0.448 e. The summed E-state index contributed by atoms with van der Waals surface area (Å²) >= 11 is 1.54. The Labute approximate surface area is 148 Å². The van der Waals surface area contributed by atoms with Crippen molar-refractivity contribution in [1.82, 2.24) is 15.3 Å². The van der Waals surface area contributed by atoms with Gasteiger partial charge in [-0.05, 0) is 48.9 Å². The molecular formula is C19H15N3O2S. The van der Waals surface area contributed by atoms with E-state index in [2.05, 4.69) is 15.3 Å². The molecule has 0 aliphatic carbocycles. The van der Waals surface area contributed by atoms with E-state index in [1.807, 2.05) is 43.3 Å². The molecule has 0 bridgehead atoms. The SMILES string of the molecule is CC(NC(=O)c1ccc(-c2nc3ccccc3s2)o1)c1ccncc1. The van der Waals surface area contributed by atoms with Crippen LogP contribution in [0.5, 0.6) is 0 Å². The Hall–Kier alpha value is -2.99. The van der Waals surface area contributed by atoms with Crippen molar-refractivity contribution in [2.24, 2.45) is 0 Å². The number of pyridine rings is 1. The smallest absolute Gasteiger partial charge is 0.287 e. The number of rotatable bonds is 4. The highest BCUT2D eigenvalue weighted by molar-refractivity contribution is 7.21. The van der Waals surface area contributed by atoms with Crippen molar-refractivity contribution in [3.63, 3.8) is 0 Å². The molecule has 4 aromatic rings. The molecule has 0 fully saturated rings. The van der Waals surface area contributed by atoms with Gasteiger partial charge in [-0.2, -0.15) is 0 Å². The van der Waals surface area contributed by atoms with Gasteiger partial charge in [-0.25, -0.2) is 4.98 Å². The molecule has 0 aliphatic heterocycles. The lowest BCUT2D eigenvalue weighted by Gasteiger charge is -2.12. The van der Waals surface area contributed by atoms with Gasteiger partial charge in [0.1, 0.15) is 0 Å². The summed E-state index contributed by atoms with van der Waals surface area (Å²) in [4.78, 5) is 20.9. The fourth-order valence-corrected chi connectivity index (χ4v) is 3.48. The molecule has 4 rings (SSSR count). The van der Waals surface area contributed by atoms with E-state index in [0.29, 0.717) is 5.76 Å². The first-order valence-electron chi connectivity index (χ1n) is 7.87. The summed E-state index contributed by atoms with van der Waals surface area (Å²) in [6.07, 6.45) is 3.41. The number of aromatic nitrogens is 2. The van der Waals surface area contributed by atoms with E-state index in [9.17, 15) is 4.79 Å². The van der Waals surface area contributed by atoms with Crippen LogP contribution in [0.2, 0.25) is 0 Å². The number of hydrogen-bond donors (Lipinski definition) is 1. The molecule has 0 saturated heterocycles. The van der Waals surface area contributed by atoms with Gasteiger partial charge in [0, 0.05) is 12.4 Å². The summed E-state index contributed by atoms with van der Waals surface area (Å²) in [5, 5.41) is 3.69. The zero-order chi connectivity index (χ0) is 17.2. The molecule has 3 aromatic heterocycles. The van der Waals surface area contributed by atoms with Gasteiger partial charge in [-0.3, -0.25) is 9.78 Å². The third-order valence-corrected chi connectivity index (χ3v) is 4.94. The molecular weight excluding hydrogens is 334 g/mol. The Morgan fingerprint density at radius 1 is 1.12 bits per heavy atom. The lowest BCUT2D eigenvalue weighted by atomic mass is 10.1. The summed E-state index contributed by atoms with van der Waals surface area (Å²) < 4.78 is 6.81. The van der Waals surface area contributed by atoms with E-state index < -0.39 is 0 Å². The number of amides is 1. The van der Waals surface area contributed by atoms with E-state index in [1.54, 1.807) is 35.9 Å². The van der Waals surface area contributed by atoms with Crippen molar-refractivity contribution in [2.75, 3.05) is 0 Å². The number of hydrogen-bond acceptors (Lipinski definition) is 5. The number of para-hydroxylation sites is 1. The van der Waals surface area contributed by atoms with E-state index >= 15 is 0 Å². The van der Waals surface area contributed by atoms with Crippen LogP contribution in [0.15, 0.2) is 65.3 Å². The molecule has 1 N–H and O–H groups in total. The number of thiazole rings is 1. The van der Waals surface area contributed by atoms with Crippen LogP contribution in [0.4, 0.5) is 0 Å². The second kappa shape index (κ2) is 6.49. The number of nitrogens with zero attached hydrogens (tertiary/aromatic N) is 2. The highest BCUT2D eigenvalue weighted by Crippen LogP contribution is 2.31. The van der Waals surface area contributed by atoms with E-state index in [1.165, 1.54) is 0 Å². The number of fused-ring (bicyclic) bond motifs is 1. The van der Waals surface area contributed by atoms with Gasteiger partial charge in [0.2, 0.25) is 0 Å². The van der Waals surface area contributed by atoms with Crippen molar-refractivity contribution >= 4 is 27.5 Å². The average Bonchev–Trinajstić information content (AvgIpc) is 3.29. The molecule has 0 aliphatic rings. The summed E-state index contributed by atoms with van der Waals surface area (Å²) in [5.41, 5.74) is 1.91. The van der Waals surface area contributed by atoms with Crippen molar-refractivity contribution in [3.8, 4) is 10.8 Å². The Bertz CT molecular complexity index is 990. The predicted octanol–water partition coefficient (Wildman–Crippen LogP) is 4.44. The summed E-state index contributed by atoms with van der Waals surface area (Å²) in [5.74, 6) is 0.620. The number of carbonyl (C=O) groups is 1. The second-order valence-electron chi connectivity index (χ2n) is 5.63. The molecule has 1 aromatic carbocycles. The lowest BCUT2D eigenvalue weighted by Crippen LogP contribution is -2.26. The fourth-order valence-electron chi connectivity index (χ4n) is 2.56. The van der Waals surface area contributed by atoms with E-state index in [4.69, 9.17) is 4.42 Å². The number of furan rings is 1. The van der Waals surface area contributed by atoms with Crippen molar-refractivity contribution < 1.29 is 9.21 Å². The Morgan fingerprint density at radius 3 is 2.72 bits per heavy atom. The Balaban J connectivity index is 1.53. The quantitative estimate of drug-likeness (QED) is 0.591. The summed E-state index contributed by atoms with van der Waals surface area (Å²) in [6.45, 7) is 1.92. The Kier molecular flexibility index (Phi) is 4.03. The molecule has 5 nitrogen and oxygen atoms in total. The molecule has 0 saturated carbocycles. The highest BCUT2D eigenvalue weighted by atomic mass is 32.1. The standard InChI is InChI=1S/C19H15N3O2S/c1-12(13-8-10-20-11-9-13)21-18(23)15-6-7-16(24-15)19-22-14-4-2-3-5-17(14)25-19/h2-12H,1H3,(H,21,23). The van der Waals surface area contributed by atoms with Gasteiger partial charge in [0.15, 0.2) is 16.5 Å². The van der Waals surface area contributed by atoms with Gasteiger partial charge < -0.3 is 9.73 Å². The van der Waals surface area contributed by atoms with Crippen molar-refractivity contribution in [2.45, 2.75) is 13.0 Å². The summed E-state index contributed by atoms with van der Waals surface area (Å²) in [6, 6.07) is 15.0. The second-order valence-corrected chi connectivity index (χ2v) is 6.66. The number of benzene rings is 1. The molecule has 6 heteroatoms. The van der Waals surface area contributed by atoms with Gasteiger partial charge in [0.05, 0.1) is 16.3 Å². The zero-order valence-electron chi connectivity index (χ0n) is 13.5. The van der Waals surface area contributed by atoms with Crippen LogP contribution in [0.1, 0.15) is 29.1 Å². The number of nitrogens with one attached hydrogen (secondary N) is 1. The monoisotopic (exact) mass is 349 g/mol. The van der Waals surface area contributed by atoms with Crippen LogP contribution in [0.3, 0.4) is 0 Å². The first-order valence-corrected chi connectivity index (χ1v) is 8.69. The maximum atomic E-state index is 12.4. The minimum absolute atomic E-state index is 0.133. The minimum atomic E-state index is -0.253. The molecule has 1 amide bonds.